The van der Waals surface area contributed by atoms with Crippen LogP contribution >= 0.6 is 11.3 Å². The van der Waals surface area contributed by atoms with E-state index in [9.17, 15) is 0 Å². The summed E-state index contributed by atoms with van der Waals surface area (Å²) in [6.07, 6.45) is 4.68. The average molecular weight is 404 g/mol. The lowest BCUT2D eigenvalue weighted by atomic mass is 10.1. The van der Waals surface area contributed by atoms with Gasteiger partial charge >= 0.3 is 0 Å². The molecule has 0 spiro atoms. The number of benzene rings is 2. The van der Waals surface area contributed by atoms with Crippen molar-refractivity contribution in [3.8, 4) is 10.4 Å². The number of nitrogen functional groups attached to an aromatic ring is 1. The van der Waals surface area contributed by atoms with Crippen molar-refractivity contribution in [1.82, 2.24) is 15.1 Å². The molecule has 6 N–H and O–H groups in total. The third-order valence-corrected chi connectivity index (χ3v) is 5.96. The minimum absolute atomic E-state index is 0.0188. The first-order valence-electron chi connectivity index (χ1n) is 9.33. The summed E-state index contributed by atoms with van der Waals surface area (Å²) in [6.45, 7) is 0.643. The Morgan fingerprint density at radius 3 is 3.00 bits per heavy atom. The predicted molar refractivity (Wildman–Crippen MR) is 118 cm³/mol. The van der Waals surface area contributed by atoms with Crippen molar-refractivity contribution in [1.29, 1.82) is 0 Å². The fraction of sp³-hybridized carbons (Fsp3) is 0.143. The number of aromatic amines is 1. The first-order chi connectivity index (χ1) is 14.2. The number of para-hydroxylation sites is 1. The van der Waals surface area contributed by atoms with Crippen molar-refractivity contribution >= 4 is 44.2 Å². The molecule has 8 heteroatoms. The van der Waals surface area contributed by atoms with Crippen LogP contribution in [0.5, 0.6) is 0 Å². The van der Waals surface area contributed by atoms with Gasteiger partial charge in [-0.1, -0.05) is 34.7 Å². The number of rotatable bonds is 6. The molecule has 3 aromatic heterocycles. The Hall–Kier alpha value is -3.36. The van der Waals surface area contributed by atoms with E-state index in [0.29, 0.717) is 17.9 Å². The van der Waals surface area contributed by atoms with Crippen LogP contribution in [0, 0.1) is 0 Å². The van der Waals surface area contributed by atoms with Crippen molar-refractivity contribution in [2.24, 2.45) is 5.73 Å². The maximum Gasteiger partial charge on any atom is 0.183 e. The molecule has 0 saturated carbocycles. The fourth-order valence-corrected chi connectivity index (χ4v) is 4.29. The van der Waals surface area contributed by atoms with Gasteiger partial charge in [-0.2, -0.15) is 0 Å². The molecule has 5 aromatic rings. The summed E-state index contributed by atoms with van der Waals surface area (Å²) in [4.78, 5) is 8.82. The Kier molecular flexibility index (Phi) is 4.42. The molecular formula is C21H20N6OS. The van der Waals surface area contributed by atoms with Crippen LogP contribution in [0.25, 0.3) is 32.3 Å². The molecule has 2 aromatic carbocycles. The molecule has 0 amide bonds. The van der Waals surface area contributed by atoms with E-state index in [2.05, 4.69) is 32.6 Å². The molecule has 0 aliphatic heterocycles. The quantitative estimate of drug-likeness (QED) is 0.340. The first kappa shape index (κ1) is 17.7. The summed E-state index contributed by atoms with van der Waals surface area (Å²) in [6, 6.07) is 14.1. The standard InChI is InChI=1S/C21H20N6OS/c22-14(7-13-9-24-17-4-2-1-3-15(13)17)10-25-21-26-11-19(29-21)12-5-6-18-16(8-12)20(23)27-28-18/h1-6,8-9,11,14,24H,7,10,22H2,(H2,23,27)(H,25,26)/t14-/m1/s1. The number of aromatic nitrogens is 3. The summed E-state index contributed by atoms with van der Waals surface area (Å²) in [7, 11) is 0. The molecule has 146 valence electrons. The Morgan fingerprint density at radius 2 is 2.07 bits per heavy atom. The van der Waals surface area contributed by atoms with Gasteiger partial charge in [-0.15, -0.1) is 0 Å². The second-order valence-electron chi connectivity index (χ2n) is 7.01. The third-order valence-electron chi connectivity index (χ3n) is 4.96. The molecule has 0 radical (unpaired) electrons. The van der Waals surface area contributed by atoms with Crippen molar-refractivity contribution in [2.75, 3.05) is 17.6 Å². The largest absolute Gasteiger partial charge is 0.380 e. The lowest BCUT2D eigenvalue weighted by Crippen LogP contribution is -2.31. The number of nitrogens with zero attached hydrogens (tertiary/aromatic N) is 2. The second-order valence-corrected chi connectivity index (χ2v) is 8.04. The SMILES string of the molecule is Nc1noc2ccc(-c3cnc(NC[C@H](N)Cc4c[nH]c5ccccc45)s3)cc12. The summed E-state index contributed by atoms with van der Waals surface area (Å²) in [5.74, 6) is 0.396. The van der Waals surface area contributed by atoms with Crippen molar-refractivity contribution in [2.45, 2.75) is 12.5 Å². The van der Waals surface area contributed by atoms with Crippen LogP contribution in [0.3, 0.4) is 0 Å². The van der Waals surface area contributed by atoms with Crippen LogP contribution in [0.2, 0.25) is 0 Å². The Morgan fingerprint density at radius 1 is 1.17 bits per heavy atom. The zero-order valence-corrected chi connectivity index (χ0v) is 16.4. The van der Waals surface area contributed by atoms with Crippen LogP contribution < -0.4 is 16.8 Å². The number of anilines is 2. The van der Waals surface area contributed by atoms with Crippen LogP contribution in [-0.4, -0.2) is 27.7 Å². The smallest absolute Gasteiger partial charge is 0.183 e. The summed E-state index contributed by atoms with van der Waals surface area (Å²) >= 11 is 1.58. The van der Waals surface area contributed by atoms with E-state index in [4.69, 9.17) is 16.0 Å². The molecule has 1 atom stereocenters. The molecule has 0 aliphatic carbocycles. The van der Waals surface area contributed by atoms with E-state index in [-0.39, 0.29) is 6.04 Å². The molecule has 0 saturated heterocycles. The van der Waals surface area contributed by atoms with Crippen LogP contribution in [0.1, 0.15) is 5.56 Å². The zero-order chi connectivity index (χ0) is 19.8. The Balaban J connectivity index is 1.25. The van der Waals surface area contributed by atoms with E-state index in [1.807, 2.05) is 42.7 Å². The molecule has 29 heavy (non-hydrogen) atoms. The summed E-state index contributed by atoms with van der Waals surface area (Å²) in [5.41, 5.74) is 16.3. The van der Waals surface area contributed by atoms with Gasteiger partial charge in [0.25, 0.3) is 0 Å². The molecule has 7 nitrogen and oxygen atoms in total. The zero-order valence-electron chi connectivity index (χ0n) is 15.6. The lowest BCUT2D eigenvalue weighted by Gasteiger charge is -2.11. The van der Waals surface area contributed by atoms with Crippen LogP contribution in [0.15, 0.2) is 59.4 Å². The normalized spacial score (nSPS) is 12.6. The molecular weight excluding hydrogens is 384 g/mol. The number of hydrogen-bond donors (Lipinski definition) is 4. The Labute approximate surface area is 170 Å². The van der Waals surface area contributed by atoms with Crippen LogP contribution in [0.4, 0.5) is 10.9 Å². The molecule has 0 bridgehead atoms. The van der Waals surface area contributed by atoms with Crippen molar-refractivity contribution in [3.63, 3.8) is 0 Å². The highest BCUT2D eigenvalue weighted by molar-refractivity contribution is 7.18. The van der Waals surface area contributed by atoms with Crippen molar-refractivity contribution < 1.29 is 4.52 Å². The van der Waals surface area contributed by atoms with E-state index in [1.165, 1.54) is 10.9 Å². The molecule has 0 fully saturated rings. The van der Waals surface area contributed by atoms with Crippen molar-refractivity contribution in [3.05, 3.63) is 60.4 Å². The Bertz CT molecular complexity index is 1290. The first-order valence-corrected chi connectivity index (χ1v) is 10.1. The highest BCUT2D eigenvalue weighted by Crippen LogP contribution is 2.32. The number of H-pyrrole nitrogens is 1. The van der Waals surface area contributed by atoms with Gasteiger partial charge in [-0.25, -0.2) is 4.98 Å². The van der Waals surface area contributed by atoms with E-state index in [0.717, 1.165) is 32.9 Å². The highest BCUT2D eigenvalue weighted by atomic mass is 32.1. The maximum absolute atomic E-state index is 6.36. The van der Waals surface area contributed by atoms with Gasteiger partial charge in [0, 0.05) is 35.9 Å². The second kappa shape index (κ2) is 7.23. The molecule has 0 aliphatic rings. The van der Waals surface area contributed by atoms with Crippen LogP contribution in [-0.2, 0) is 6.42 Å². The minimum atomic E-state index is -0.0188. The van der Waals surface area contributed by atoms with Gasteiger partial charge in [0.1, 0.15) is 0 Å². The summed E-state index contributed by atoms with van der Waals surface area (Å²) < 4.78 is 5.16. The molecule has 5 rings (SSSR count). The third kappa shape index (κ3) is 3.43. The predicted octanol–water partition coefficient (Wildman–Crippen LogP) is 4.00. The van der Waals surface area contributed by atoms with Gasteiger partial charge in [-0.3, -0.25) is 0 Å². The fourth-order valence-electron chi connectivity index (χ4n) is 3.47. The molecule has 0 unspecified atom stereocenters. The topological polar surface area (TPSA) is 119 Å². The number of thiazole rings is 1. The minimum Gasteiger partial charge on any atom is -0.380 e. The molecule has 3 heterocycles. The average Bonchev–Trinajstić information content (AvgIpc) is 3.46. The lowest BCUT2D eigenvalue weighted by molar-refractivity contribution is 0.460. The number of nitrogens with one attached hydrogen (secondary N) is 2. The number of hydrogen-bond acceptors (Lipinski definition) is 7. The summed E-state index contributed by atoms with van der Waals surface area (Å²) in [5, 5.41) is 10.0. The highest BCUT2D eigenvalue weighted by Gasteiger charge is 2.12. The maximum atomic E-state index is 6.36. The number of fused-ring (bicyclic) bond motifs is 2. The van der Waals surface area contributed by atoms with E-state index in [1.54, 1.807) is 11.3 Å². The van der Waals surface area contributed by atoms with E-state index < -0.39 is 0 Å². The van der Waals surface area contributed by atoms with Gasteiger partial charge in [-0.05, 0) is 41.8 Å². The van der Waals surface area contributed by atoms with Gasteiger partial charge in [0.2, 0.25) is 0 Å². The van der Waals surface area contributed by atoms with Gasteiger partial charge in [0.05, 0.1) is 10.3 Å². The monoisotopic (exact) mass is 404 g/mol. The van der Waals surface area contributed by atoms with Gasteiger partial charge < -0.3 is 26.3 Å². The van der Waals surface area contributed by atoms with Gasteiger partial charge in [0.15, 0.2) is 16.5 Å². The number of nitrogens with two attached hydrogens (primary N) is 2. The van der Waals surface area contributed by atoms with E-state index >= 15 is 0 Å².